The average molecular weight is 240 g/mol. The number of aromatic nitrogens is 3. The number of hydrogen-bond donors (Lipinski definition) is 0. The van der Waals surface area contributed by atoms with E-state index in [2.05, 4.69) is 15.2 Å². The van der Waals surface area contributed by atoms with Crippen molar-refractivity contribution in [3.8, 4) is 0 Å². The molecule has 0 unspecified atom stereocenters. The third-order valence-corrected chi connectivity index (χ3v) is 2.57. The standard InChI is InChI=1S/C6H7Cl2N3OS/c1-12-2-3-13-5-4(7)10-11-6(8)9-5/h2-3H2,1H3. The van der Waals surface area contributed by atoms with Gasteiger partial charge in [0, 0.05) is 12.9 Å². The molecule has 1 aromatic heterocycles. The molecule has 0 atom stereocenters. The van der Waals surface area contributed by atoms with Crippen LogP contribution in [0.5, 0.6) is 0 Å². The van der Waals surface area contributed by atoms with E-state index < -0.39 is 0 Å². The second kappa shape index (κ2) is 5.59. The van der Waals surface area contributed by atoms with E-state index in [1.54, 1.807) is 7.11 Å². The van der Waals surface area contributed by atoms with Crippen molar-refractivity contribution in [3.63, 3.8) is 0 Å². The highest BCUT2D eigenvalue weighted by molar-refractivity contribution is 7.99. The van der Waals surface area contributed by atoms with Crippen molar-refractivity contribution in [2.75, 3.05) is 19.5 Å². The smallest absolute Gasteiger partial charge is 0.244 e. The summed E-state index contributed by atoms with van der Waals surface area (Å²) < 4.78 is 4.87. The van der Waals surface area contributed by atoms with Gasteiger partial charge in [0.25, 0.3) is 0 Å². The van der Waals surface area contributed by atoms with E-state index >= 15 is 0 Å². The van der Waals surface area contributed by atoms with Gasteiger partial charge in [-0.15, -0.1) is 22.0 Å². The van der Waals surface area contributed by atoms with Crippen LogP contribution in [0.3, 0.4) is 0 Å². The van der Waals surface area contributed by atoms with Gasteiger partial charge in [-0.25, -0.2) is 4.98 Å². The zero-order valence-corrected chi connectivity index (χ0v) is 9.16. The van der Waals surface area contributed by atoms with Crippen LogP contribution in [0.4, 0.5) is 0 Å². The van der Waals surface area contributed by atoms with E-state index in [0.717, 1.165) is 5.75 Å². The van der Waals surface area contributed by atoms with E-state index in [4.69, 9.17) is 27.9 Å². The van der Waals surface area contributed by atoms with E-state index in [1.165, 1.54) is 11.8 Å². The molecule has 0 N–H and O–H groups in total. The molecular weight excluding hydrogens is 233 g/mol. The molecule has 0 aliphatic rings. The molecule has 0 fully saturated rings. The quantitative estimate of drug-likeness (QED) is 0.594. The fourth-order valence-corrected chi connectivity index (χ4v) is 1.76. The Bertz CT molecular complexity index is 287. The summed E-state index contributed by atoms with van der Waals surface area (Å²) in [6.07, 6.45) is 0. The molecule has 0 aliphatic carbocycles. The number of methoxy groups -OCH3 is 1. The van der Waals surface area contributed by atoms with Crippen LogP contribution in [0.1, 0.15) is 0 Å². The maximum Gasteiger partial charge on any atom is 0.244 e. The summed E-state index contributed by atoms with van der Waals surface area (Å²) in [4.78, 5) is 3.91. The summed E-state index contributed by atoms with van der Waals surface area (Å²) in [6, 6.07) is 0. The molecule has 0 amide bonds. The molecule has 1 rings (SSSR count). The number of nitrogens with zero attached hydrogens (tertiary/aromatic N) is 3. The fourth-order valence-electron chi connectivity index (χ4n) is 0.594. The lowest BCUT2D eigenvalue weighted by molar-refractivity contribution is 0.218. The maximum absolute atomic E-state index is 5.72. The number of rotatable bonds is 4. The van der Waals surface area contributed by atoms with Crippen molar-refractivity contribution in [3.05, 3.63) is 10.4 Å². The highest BCUT2D eigenvalue weighted by atomic mass is 35.5. The Morgan fingerprint density at radius 1 is 1.38 bits per heavy atom. The molecule has 0 saturated carbocycles. The predicted molar refractivity (Wildman–Crippen MR) is 52.4 cm³/mol. The largest absolute Gasteiger partial charge is 0.384 e. The van der Waals surface area contributed by atoms with Gasteiger partial charge in [0.1, 0.15) is 5.03 Å². The molecule has 13 heavy (non-hydrogen) atoms. The lowest BCUT2D eigenvalue weighted by Crippen LogP contribution is -1.95. The summed E-state index contributed by atoms with van der Waals surface area (Å²) in [5.41, 5.74) is 0. The van der Waals surface area contributed by atoms with Crippen molar-refractivity contribution in [2.24, 2.45) is 0 Å². The molecule has 1 heterocycles. The molecular formula is C6H7Cl2N3OS. The molecule has 0 saturated heterocycles. The van der Waals surface area contributed by atoms with Crippen molar-refractivity contribution in [1.82, 2.24) is 15.2 Å². The van der Waals surface area contributed by atoms with Crippen LogP contribution in [-0.2, 0) is 4.74 Å². The Kier molecular flexibility index (Phi) is 4.72. The minimum absolute atomic E-state index is 0.101. The number of ether oxygens (including phenoxy) is 1. The van der Waals surface area contributed by atoms with Crippen molar-refractivity contribution in [2.45, 2.75) is 5.03 Å². The topological polar surface area (TPSA) is 47.9 Å². The lowest BCUT2D eigenvalue weighted by Gasteiger charge is -2.00. The summed E-state index contributed by atoms with van der Waals surface area (Å²) in [5.74, 6) is 0.755. The van der Waals surface area contributed by atoms with Gasteiger partial charge in [-0.2, -0.15) is 0 Å². The van der Waals surface area contributed by atoms with Gasteiger partial charge >= 0.3 is 0 Å². The SMILES string of the molecule is COCCSc1nc(Cl)nnc1Cl. The zero-order valence-electron chi connectivity index (χ0n) is 6.83. The highest BCUT2D eigenvalue weighted by Gasteiger charge is 2.05. The Morgan fingerprint density at radius 3 is 2.85 bits per heavy atom. The number of halogens is 2. The molecule has 72 valence electrons. The Hall–Kier alpha value is -0.100. The molecule has 0 bridgehead atoms. The Morgan fingerprint density at radius 2 is 2.15 bits per heavy atom. The summed E-state index contributed by atoms with van der Waals surface area (Å²) in [7, 11) is 1.63. The van der Waals surface area contributed by atoms with Crippen LogP contribution in [0.25, 0.3) is 0 Å². The summed E-state index contributed by atoms with van der Waals surface area (Å²) >= 11 is 12.7. The minimum Gasteiger partial charge on any atom is -0.384 e. The number of hydrogen-bond acceptors (Lipinski definition) is 5. The maximum atomic E-state index is 5.72. The third kappa shape index (κ3) is 3.64. The van der Waals surface area contributed by atoms with E-state index in [9.17, 15) is 0 Å². The van der Waals surface area contributed by atoms with Gasteiger partial charge in [-0.1, -0.05) is 11.6 Å². The lowest BCUT2D eigenvalue weighted by atomic mass is 10.8. The second-order valence-electron chi connectivity index (χ2n) is 2.02. The third-order valence-electron chi connectivity index (χ3n) is 1.12. The van der Waals surface area contributed by atoms with Crippen LogP contribution in [-0.4, -0.2) is 34.7 Å². The van der Waals surface area contributed by atoms with E-state index in [1.807, 2.05) is 0 Å². The molecule has 7 heteroatoms. The van der Waals surface area contributed by atoms with Crippen LogP contribution >= 0.6 is 35.0 Å². The average Bonchev–Trinajstić information content (AvgIpc) is 2.11. The number of thioether (sulfide) groups is 1. The van der Waals surface area contributed by atoms with Gasteiger partial charge in [-0.05, 0) is 11.6 Å². The van der Waals surface area contributed by atoms with E-state index in [0.29, 0.717) is 11.6 Å². The second-order valence-corrected chi connectivity index (χ2v) is 3.80. The zero-order chi connectivity index (χ0) is 9.68. The minimum atomic E-state index is 0.101. The van der Waals surface area contributed by atoms with Gasteiger partial charge in [0.2, 0.25) is 5.28 Å². The van der Waals surface area contributed by atoms with Gasteiger partial charge in [-0.3, -0.25) is 0 Å². The Balaban J connectivity index is 2.59. The van der Waals surface area contributed by atoms with Gasteiger partial charge in [0.15, 0.2) is 5.15 Å². The molecule has 0 aromatic carbocycles. The molecule has 4 nitrogen and oxygen atoms in total. The summed E-state index contributed by atoms with van der Waals surface area (Å²) in [6.45, 7) is 0.628. The van der Waals surface area contributed by atoms with Crippen LogP contribution in [0.15, 0.2) is 5.03 Å². The molecule has 0 spiro atoms. The van der Waals surface area contributed by atoms with Crippen molar-refractivity contribution >= 4 is 35.0 Å². The van der Waals surface area contributed by atoms with Crippen LogP contribution in [0, 0.1) is 0 Å². The highest BCUT2D eigenvalue weighted by Crippen LogP contribution is 2.22. The first-order chi connectivity index (χ1) is 6.24. The Labute approximate surface area is 90.0 Å². The monoisotopic (exact) mass is 239 g/mol. The normalized spacial score (nSPS) is 10.4. The fraction of sp³-hybridized carbons (Fsp3) is 0.500. The van der Waals surface area contributed by atoms with Crippen molar-refractivity contribution < 1.29 is 4.74 Å². The van der Waals surface area contributed by atoms with Crippen LogP contribution < -0.4 is 0 Å². The van der Waals surface area contributed by atoms with E-state index in [-0.39, 0.29) is 10.4 Å². The first kappa shape index (κ1) is 11.0. The molecule has 1 aromatic rings. The molecule has 0 aliphatic heterocycles. The van der Waals surface area contributed by atoms with Crippen LogP contribution in [0.2, 0.25) is 10.4 Å². The van der Waals surface area contributed by atoms with Crippen molar-refractivity contribution in [1.29, 1.82) is 0 Å². The van der Waals surface area contributed by atoms with Gasteiger partial charge in [0.05, 0.1) is 6.61 Å². The first-order valence-corrected chi connectivity index (χ1v) is 5.15. The summed E-state index contributed by atoms with van der Waals surface area (Å²) in [5, 5.41) is 8.06. The van der Waals surface area contributed by atoms with Gasteiger partial charge < -0.3 is 4.74 Å². The predicted octanol–water partition coefficient (Wildman–Crippen LogP) is 1.92. The molecule has 0 radical (unpaired) electrons. The first-order valence-electron chi connectivity index (χ1n) is 3.41.